The number of aromatic nitrogens is 4. The third-order valence-electron chi connectivity index (χ3n) is 4.76. The van der Waals surface area contributed by atoms with E-state index >= 15 is 4.39 Å². The van der Waals surface area contributed by atoms with Crippen molar-refractivity contribution < 1.29 is 13.6 Å². The Kier molecular flexibility index (Phi) is 4.91. The maximum Gasteiger partial charge on any atom is 0.254 e. The first kappa shape index (κ1) is 19.3. The number of alkyl halides is 1. The van der Waals surface area contributed by atoms with Gasteiger partial charge in [-0.2, -0.15) is 10.1 Å². The Bertz CT molecular complexity index is 1070. The van der Waals surface area contributed by atoms with Gasteiger partial charge in [0.2, 0.25) is 0 Å². The fraction of sp³-hybridized carbons (Fsp3) is 0.333. The summed E-state index contributed by atoms with van der Waals surface area (Å²) in [5.74, 6) is -0.667. The molecule has 0 spiro atoms. The van der Waals surface area contributed by atoms with Gasteiger partial charge in [-0.05, 0) is 53.5 Å². The van der Waals surface area contributed by atoms with Crippen molar-refractivity contribution in [2.75, 3.05) is 13.1 Å². The number of carbonyl (C=O) groups excluding carboxylic acids is 1. The molecule has 28 heavy (non-hydrogen) atoms. The Hall–Kier alpha value is -1.99. The van der Waals surface area contributed by atoms with E-state index in [0.717, 1.165) is 11.4 Å². The fourth-order valence-electron chi connectivity index (χ4n) is 3.60. The molecule has 6 nitrogen and oxygen atoms in total. The summed E-state index contributed by atoms with van der Waals surface area (Å²) in [7, 11) is 2.22. The minimum absolute atomic E-state index is 0.0629. The average Bonchev–Trinajstić information content (AvgIpc) is 3.09. The molecule has 2 aromatic heterocycles. The molecule has 0 radical (unpaired) electrons. The molecule has 1 amide bonds. The van der Waals surface area contributed by atoms with Crippen molar-refractivity contribution in [1.29, 1.82) is 0 Å². The predicted octanol–water partition coefficient (Wildman–Crippen LogP) is 3.50. The van der Waals surface area contributed by atoms with Gasteiger partial charge in [-0.25, -0.2) is 18.3 Å². The Labute approximate surface area is 170 Å². The summed E-state index contributed by atoms with van der Waals surface area (Å²) in [6.45, 7) is 2.09. The molecular formula is C18H17BrF2N5OP. The number of fused-ring (bicyclic) bond motifs is 1. The molecule has 1 aliphatic rings. The number of nitrogens with zero attached hydrogens (tertiary/aromatic N) is 5. The molecule has 3 aromatic rings. The minimum Gasteiger partial charge on any atom is -0.334 e. The van der Waals surface area contributed by atoms with Crippen molar-refractivity contribution in [3.8, 4) is 0 Å². The van der Waals surface area contributed by atoms with E-state index in [1.54, 1.807) is 4.52 Å². The standard InChI is InChI=1S/C18H17BrF2N5OP/c1-10-4-15(26-17(24-10)22-9-23-26)12-6-18(21,28)8-25(7-12)16(27)11-2-3-14(20)13(19)5-11/h2-5,9,12H,6-8,28H2,1H3/t12-,18?/m1/s1. The van der Waals surface area contributed by atoms with E-state index in [4.69, 9.17) is 0 Å². The molecule has 1 fully saturated rings. The van der Waals surface area contributed by atoms with Crippen molar-refractivity contribution in [3.63, 3.8) is 0 Å². The topological polar surface area (TPSA) is 63.4 Å². The van der Waals surface area contributed by atoms with E-state index in [9.17, 15) is 9.18 Å². The first-order valence-electron chi connectivity index (χ1n) is 8.63. The van der Waals surface area contributed by atoms with Crippen LogP contribution in [0.15, 0.2) is 35.1 Å². The van der Waals surface area contributed by atoms with Crippen LogP contribution in [0.5, 0.6) is 0 Å². The molecule has 3 atom stereocenters. The first-order chi connectivity index (χ1) is 13.2. The lowest BCUT2D eigenvalue weighted by Gasteiger charge is -2.40. The second-order valence-corrected chi connectivity index (χ2v) is 8.93. The maximum absolute atomic E-state index is 15.1. The van der Waals surface area contributed by atoms with Crippen LogP contribution in [0.4, 0.5) is 8.78 Å². The summed E-state index contributed by atoms with van der Waals surface area (Å²) in [5.41, 5.74) is 1.79. The van der Waals surface area contributed by atoms with Crippen LogP contribution in [0.1, 0.15) is 34.1 Å². The maximum atomic E-state index is 15.1. The van der Waals surface area contributed by atoms with Crippen molar-refractivity contribution >= 4 is 36.9 Å². The van der Waals surface area contributed by atoms with Crippen LogP contribution in [0.3, 0.4) is 0 Å². The molecule has 146 valence electrons. The van der Waals surface area contributed by atoms with Gasteiger partial charge in [-0.1, -0.05) is 9.24 Å². The van der Waals surface area contributed by atoms with Gasteiger partial charge in [0, 0.05) is 23.7 Å². The van der Waals surface area contributed by atoms with Gasteiger partial charge in [0.15, 0.2) is 0 Å². The number of piperidine rings is 1. The number of likely N-dealkylation sites (tertiary alicyclic amines) is 1. The third-order valence-corrected chi connectivity index (χ3v) is 5.79. The first-order valence-corrected chi connectivity index (χ1v) is 10.00. The Morgan fingerprint density at radius 3 is 2.93 bits per heavy atom. The lowest BCUT2D eigenvalue weighted by Crippen LogP contribution is -2.48. The number of hydrogen-bond donors (Lipinski definition) is 0. The molecule has 4 rings (SSSR count). The molecule has 10 heteroatoms. The highest BCUT2D eigenvalue weighted by molar-refractivity contribution is 9.10. The molecule has 0 aliphatic carbocycles. The lowest BCUT2D eigenvalue weighted by atomic mass is 9.92. The second kappa shape index (κ2) is 7.12. The number of aryl methyl sites for hydroxylation is 1. The van der Waals surface area contributed by atoms with Gasteiger partial charge < -0.3 is 4.90 Å². The normalized spacial score (nSPS) is 22.6. The molecule has 1 aliphatic heterocycles. The lowest BCUT2D eigenvalue weighted by molar-refractivity contribution is 0.0543. The molecule has 3 heterocycles. The van der Waals surface area contributed by atoms with Crippen molar-refractivity contribution in [3.05, 3.63) is 57.8 Å². The van der Waals surface area contributed by atoms with Crippen LogP contribution in [0, 0.1) is 12.7 Å². The quantitative estimate of drug-likeness (QED) is 0.541. The van der Waals surface area contributed by atoms with Crippen molar-refractivity contribution in [1.82, 2.24) is 24.5 Å². The summed E-state index contributed by atoms with van der Waals surface area (Å²) in [6.07, 6.45) is 1.61. The highest BCUT2D eigenvalue weighted by Crippen LogP contribution is 2.39. The number of amides is 1. The van der Waals surface area contributed by atoms with Crippen LogP contribution in [0.25, 0.3) is 5.78 Å². The number of benzene rings is 1. The number of carbonyl (C=O) groups is 1. The molecule has 0 bridgehead atoms. The molecular weight excluding hydrogens is 451 g/mol. The summed E-state index contributed by atoms with van der Waals surface area (Å²) < 4.78 is 30.4. The van der Waals surface area contributed by atoms with Crippen molar-refractivity contribution in [2.24, 2.45) is 0 Å². The molecule has 1 saturated heterocycles. The fourth-order valence-corrected chi connectivity index (χ4v) is 4.48. The Morgan fingerprint density at radius 2 is 2.18 bits per heavy atom. The third kappa shape index (κ3) is 3.65. The van der Waals surface area contributed by atoms with Crippen LogP contribution in [-0.2, 0) is 0 Å². The minimum atomic E-state index is -1.65. The molecule has 0 saturated carbocycles. The number of rotatable bonds is 2. The van der Waals surface area contributed by atoms with Crippen LogP contribution in [0.2, 0.25) is 0 Å². The zero-order chi connectivity index (χ0) is 20.1. The van der Waals surface area contributed by atoms with Gasteiger partial charge in [-0.15, -0.1) is 0 Å². The molecule has 0 N–H and O–H groups in total. The smallest absolute Gasteiger partial charge is 0.254 e. The monoisotopic (exact) mass is 467 g/mol. The number of hydrogen-bond acceptors (Lipinski definition) is 4. The van der Waals surface area contributed by atoms with Gasteiger partial charge >= 0.3 is 0 Å². The average molecular weight is 468 g/mol. The number of halogens is 3. The van der Waals surface area contributed by atoms with E-state index < -0.39 is 11.2 Å². The van der Waals surface area contributed by atoms with Crippen LogP contribution >= 0.6 is 25.2 Å². The Balaban J connectivity index is 1.69. The zero-order valence-electron chi connectivity index (χ0n) is 14.9. The SMILES string of the molecule is Cc1cc([C@H]2CN(C(=O)c3ccc(F)c(Br)c3)CC(F)(P)C2)n2ncnc2n1. The van der Waals surface area contributed by atoms with Crippen molar-refractivity contribution in [2.45, 2.75) is 24.7 Å². The van der Waals surface area contributed by atoms with Crippen LogP contribution in [-0.4, -0.2) is 48.9 Å². The van der Waals surface area contributed by atoms with Gasteiger partial charge in [0.1, 0.15) is 17.6 Å². The zero-order valence-corrected chi connectivity index (χ0v) is 17.7. The molecule has 2 unspecified atom stereocenters. The van der Waals surface area contributed by atoms with E-state index in [1.165, 1.54) is 29.4 Å². The van der Waals surface area contributed by atoms with Gasteiger partial charge in [0.25, 0.3) is 11.7 Å². The largest absolute Gasteiger partial charge is 0.334 e. The summed E-state index contributed by atoms with van der Waals surface area (Å²) in [5, 5.41) is 2.54. The Morgan fingerprint density at radius 1 is 1.39 bits per heavy atom. The van der Waals surface area contributed by atoms with Gasteiger partial charge in [0.05, 0.1) is 16.7 Å². The summed E-state index contributed by atoms with van der Waals surface area (Å²) >= 11 is 3.09. The van der Waals surface area contributed by atoms with Gasteiger partial charge in [-0.3, -0.25) is 4.79 Å². The summed E-state index contributed by atoms with van der Waals surface area (Å²) in [4.78, 5) is 22.9. The van der Waals surface area contributed by atoms with Crippen LogP contribution < -0.4 is 0 Å². The predicted molar refractivity (Wildman–Crippen MR) is 106 cm³/mol. The van der Waals surface area contributed by atoms with E-state index in [-0.39, 0.29) is 29.3 Å². The highest BCUT2D eigenvalue weighted by atomic mass is 79.9. The van der Waals surface area contributed by atoms with E-state index in [1.807, 2.05) is 13.0 Å². The summed E-state index contributed by atoms with van der Waals surface area (Å²) in [6, 6.07) is 5.88. The molecule has 1 aromatic carbocycles. The van der Waals surface area contributed by atoms with E-state index in [2.05, 4.69) is 40.2 Å². The van der Waals surface area contributed by atoms with E-state index in [0.29, 0.717) is 17.9 Å². The second-order valence-electron chi connectivity index (χ2n) is 7.04. The highest BCUT2D eigenvalue weighted by Gasteiger charge is 2.40.